The molecule has 6 nitrogen and oxygen atoms in total. The van der Waals surface area contributed by atoms with Crippen molar-refractivity contribution in [2.75, 3.05) is 0 Å². The van der Waals surface area contributed by atoms with Gasteiger partial charge in [0.15, 0.2) is 6.17 Å². The molecule has 3 rings (SSSR count). The molecule has 0 aliphatic carbocycles. The van der Waals surface area contributed by atoms with Gasteiger partial charge in [-0.2, -0.15) is 0 Å². The molecule has 3 aromatic rings. The molecule has 0 unspecified atom stereocenters. The Bertz CT molecular complexity index is 982. The van der Waals surface area contributed by atoms with Gasteiger partial charge in [-0.1, -0.05) is 48.5 Å². The molecule has 0 radical (unpaired) electrons. The Morgan fingerprint density at radius 1 is 0.962 bits per heavy atom. The molecule has 1 aromatic heterocycles. The zero-order valence-electron chi connectivity index (χ0n) is 14.1. The second kappa shape index (κ2) is 7.57. The number of carbonyl (C=O) groups excluding carboxylic acids is 2. The molecule has 0 fully saturated rings. The van der Waals surface area contributed by atoms with E-state index in [0.717, 1.165) is 4.57 Å². The Morgan fingerprint density at radius 2 is 1.54 bits per heavy atom. The number of benzene rings is 2. The SMILES string of the molecule is Cc1cc(=O)n([C@H](NC(=O)c2ccccc2)C(=O)c2ccccc2)cn1. The van der Waals surface area contributed by atoms with Crippen LogP contribution in [0.15, 0.2) is 77.9 Å². The fourth-order valence-corrected chi connectivity index (χ4v) is 2.51. The van der Waals surface area contributed by atoms with Gasteiger partial charge < -0.3 is 5.32 Å². The highest BCUT2D eigenvalue weighted by molar-refractivity contribution is 6.03. The summed E-state index contributed by atoms with van der Waals surface area (Å²) in [6, 6.07) is 18.3. The number of hydrogen-bond acceptors (Lipinski definition) is 4. The van der Waals surface area contributed by atoms with Crippen molar-refractivity contribution in [3.05, 3.63) is 100 Å². The first-order valence-electron chi connectivity index (χ1n) is 8.06. The Hall–Kier alpha value is -3.54. The average molecular weight is 347 g/mol. The second-order valence-electron chi connectivity index (χ2n) is 5.75. The lowest BCUT2D eigenvalue weighted by Gasteiger charge is -2.20. The van der Waals surface area contributed by atoms with Gasteiger partial charge >= 0.3 is 0 Å². The minimum atomic E-state index is -1.19. The summed E-state index contributed by atoms with van der Waals surface area (Å²) < 4.78 is 1.13. The summed E-state index contributed by atoms with van der Waals surface area (Å²) in [5.74, 6) is -0.852. The fourth-order valence-electron chi connectivity index (χ4n) is 2.51. The molecule has 0 bridgehead atoms. The summed E-state index contributed by atoms with van der Waals surface area (Å²) in [4.78, 5) is 41.9. The Kier molecular flexibility index (Phi) is 5.03. The van der Waals surface area contributed by atoms with Crippen LogP contribution in [0, 0.1) is 6.92 Å². The monoisotopic (exact) mass is 347 g/mol. The van der Waals surface area contributed by atoms with Crippen LogP contribution in [-0.2, 0) is 0 Å². The molecule has 0 aliphatic heterocycles. The summed E-state index contributed by atoms with van der Waals surface area (Å²) in [7, 11) is 0. The predicted octanol–water partition coefficient (Wildman–Crippen LogP) is 2.36. The lowest BCUT2D eigenvalue weighted by Crippen LogP contribution is -2.42. The van der Waals surface area contributed by atoms with Crippen molar-refractivity contribution in [1.82, 2.24) is 14.9 Å². The van der Waals surface area contributed by atoms with Crippen LogP contribution in [0.4, 0.5) is 0 Å². The molecule has 1 amide bonds. The third-order valence-corrected chi connectivity index (χ3v) is 3.86. The van der Waals surface area contributed by atoms with Gasteiger partial charge in [0.25, 0.3) is 11.5 Å². The second-order valence-corrected chi connectivity index (χ2v) is 5.75. The van der Waals surface area contributed by atoms with Crippen LogP contribution >= 0.6 is 0 Å². The summed E-state index contributed by atoms with van der Waals surface area (Å²) in [6.45, 7) is 1.68. The molecule has 1 atom stereocenters. The van der Waals surface area contributed by atoms with E-state index in [1.807, 2.05) is 0 Å². The van der Waals surface area contributed by atoms with Crippen molar-refractivity contribution in [3.63, 3.8) is 0 Å². The molecule has 6 heteroatoms. The molecular weight excluding hydrogens is 330 g/mol. The van der Waals surface area contributed by atoms with Crippen molar-refractivity contribution in [3.8, 4) is 0 Å². The van der Waals surface area contributed by atoms with Gasteiger partial charge in [-0.25, -0.2) is 4.98 Å². The first kappa shape index (κ1) is 17.3. The number of amides is 1. The lowest BCUT2D eigenvalue weighted by molar-refractivity contribution is 0.0812. The maximum Gasteiger partial charge on any atom is 0.255 e. The number of Topliss-reactive ketones (excluding diaryl/α,β-unsaturated/α-hetero) is 1. The maximum atomic E-state index is 12.9. The number of carbonyl (C=O) groups is 2. The molecule has 0 saturated heterocycles. The van der Waals surface area contributed by atoms with Crippen molar-refractivity contribution in [2.45, 2.75) is 13.1 Å². The number of nitrogens with one attached hydrogen (secondary N) is 1. The van der Waals surface area contributed by atoms with Gasteiger partial charge in [0.05, 0.1) is 6.33 Å². The molecule has 1 heterocycles. The summed E-state index contributed by atoms with van der Waals surface area (Å²) in [6.07, 6.45) is 0.0831. The Balaban J connectivity index is 2.00. The highest BCUT2D eigenvalue weighted by atomic mass is 16.2. The van der Waals surface area contributed by atoms with E-state index >= 15 is 0 Å². The predicted molar refractivity (Wildman–Crippen MR) is 97.0 cm³/mol. The number of hydrogen-bond donors (Lipinski definition) is 1. The lowest BCUT2D eigenvalue weighted by atomic mass is 10.1. The van der Waals surface area contributed by atoms with Gasteiger partial charge in [-0.05, 0) is 19.1 Å². The van der Waals surface area contributed by atoms with Gasteiger partial charge in [-0.15, -0.1) is 0 Å². The minimum Gasteiger partial charge on any atom is -0.325 e. The fraction of sp³-hybridized carbons (Fsp3) is 0.100. The van der Waals surface area contributed by atoms with Crippen LogP contribution in [0.3, 0.4) is 0 Å². The van der Waals surface area contributed by atoms with Gasteiger partial charge in [0.1, 0.15) is 0 Å². The van der Waals surface area contributed by atoms with Crippen molar-refractivity contribution in [1.29, 1.82) is 0 Å². The van der Waals surface area contributed by atoms with Crippen LogP contribution in [-0.4, -0.2) is 21.2 Å². The van der Waals surface area contributed by atoms with Crippen molar-refractivity contribution >= 4 is 11.7 Å². The zero-order chi connectivity index (χ0) is 18.5. The summed E-state index contributed by atoms with van der Waals surface area (Å²) in [5, 5.41) is 2.64. The standard InChI is InChI=1S/C20H17N3O3/c1-14-12-17(24)23(13-21-14)19(18(25)15-8-4-2-5-9-15)22-20(26)16-10-6-3-7-11-16/h2-13,19H,1H3,(H,22,26)/t19-/m0/s1. The van der Waals surface area contributed by atoms with E-state index in [4.69, 9.17) is 0 Å². The number of ketones is 1. The molecule has 0 saturated carbocycles. The van der Waals surface area contributed by atoms with Gasteiger partial charge in [-0.3, -0.25) is 19.0 Å². The normalized spacial score (nSPS) is 11.6. The van der Waals surface area contributed by atoms with E-state index in [1.54, 1.807) is 67.6 Å². The van der Waals surface area contributed by atoms with E-state index in [-0.39, 0.29) is 0 Å². The first-order valence-corrected chi connectivity index (χ1v) is 8.06. The smallest absolute Gasteiger partial charge is 0.255 e. The third-order valence-electron chi connectivity index (χ3n) is 3.86. The van der Waals surface area contributed by atoms with E-state index < -0.39 is 23.4 Å². The Morgan fingerprint density at radius 3 is 2.12 bits per heavy atom. The third kappa shape index (κ3) is 3.75. The molecule has 0 aliphatic rings. The molecule has 1 N–H and O–H groups in total. The largest absolute Gasteiger partial charge is 0.325 e. The topological polar surface area (TPSA) is 81.1 Å². The molecular formula is C20H17N3O3. The molecule has 2 aromatic carbocycles. The minimum absolute atomic E-state index is 0.387. The molecule has 130 valence electrons. The van der Waals surface area contributed by atoms with Crippen LogP contribution in [0.1, 0.15) is 32.6 Å². The molecule has 0 spiro atoms. The van der Waals surface area contributed by atoms with Gasteiger partial charge in [0.2, 0.25) is 5.78 Å². The van der Waals surface area contributed by atoms with E-state index in [2.05, 4.69) is 10.3 Å². The quantitative estimate of drug-likeness (QED) is 0.719. The van der Waals surface area contributed by atoms with Crippen LogP contribution in [0.2, 0.25) is 0 Å². The maximum absolute atomic E-state index is 12.9. The van der Waals surface area contributed by atoms with Gasteiger partial charge in [0, 0.05) is 22.9 Å². The van der Waals surface area contributed by atoms with Crippen LogP contribution in [0.5, 0.6) is 0 Å². The zero-order valence-corrected chi connectivity index (χ0v) is 14.1. The summed E-state index contributed by atoms with van der Waals surface area (Å²) >= 11 is 0. The highest BCUT2D eigenvalue weighted by Gasteiger charge is 2.25. The van der Waals surface area contributed by atoms with E-state index in [9.17, 15) is 14.4 Å². The number of nitrogens with zero attached hydrogens (tertiary/aromatic N) is 2. The first-order chi connectivity index (χ1) is 12.6. The number of aromatic nitrogens is 2. The highest BCUT2D eigenvalue weighted by Crippen LogP contribution is 2.12. The van der Waals surface area contributed by atoms with E-state index in [0.29, 0.717) is 16.8 Å². The summed E-state index contributed by atoms with van der Waals surface area (Å²) in [5.41, 5.74) is 0.900. The van der Waals surface area contributed by atoms with Crippen LogP contribution in [0.25, 0.3) is 0 Å². The molecule has 26 heavy (non-hydrogen) atoms. The van der Waals surface area contributed by atoms with Crippen LogP contribution < -0.4 is 10.9 Å². The van der Waals surface area contributed by atoms with Crippen molar-refractivity contribution < 1.29 is 9.59 Å². The number of aryl methyl sites for hydroxylation is 1. The van der Waals surface area contributed by atoms with Crippen molar-refractivity contribution in [2.24, 2.45) is 0 Å². The Labute approximate surface area is 150 Å². The number of rotatable bonds is 5. The average Bonchev–Trinajstić information content (AvgIpc) is 2.67. The van der Waals surface area contributed by atoms with E-state index in [1.165, 1.54) is 12.4 Å².